The second-order valence-electron chi connectivity index (χ2n) is 8.36. The van der Waals surface area contributed by atoms with E-state index in [1.54, 1.807) is 0 Å². The molecule has 1 aromatic carbocycles. The van der Waals surface area contributed by atoms with Gasteiger partial charge in [0.05, 0.1) is 26.4 Å². The van der Waals surface area contributed by atoms with E-state index in [1.807, 2.05) is 24.3 Å². The summed E-state index contributed by atoms with van der Waals surface area (Å²) >= 11 is 0. The topological polar surface area (TPSA) is 82.7 Å². The van der Waals surface area contributed by atoms with Gasteiger partial charge in [0.15, 0.2) is 0 Å². The van der Waals surface area contributed by atoms with Crippen molar-refractivity contribution in [3.05, 3.63) is 47.3 Å². The van der Waals surface area contributed by atoms with Gasteiger partial charge in [-0.25, -0.2) is 4.98 Å². The third kappa shape index (κ3) is 4.16. The Labute approximate surface area is 187 Å². The van der Waals surface area contributed by atoms with Crippen LogP contribution >= 0.6 is 0 Å². The molecule has 168 valence electrons. The number of anilines is 3. The van der Waals surface area contributed by atoms with E-state index < -0.39 is 0 Å². The van der Waals surface area contributed by atoms with E-state index in [2.05, 4.69) is 40.0 Å². The Hall–Kier alpha value is -3.10. The number of carbonyl (C=O) groups excluding carboxylic acids is 1. The molecule has 0 aliphatic carbocycles. The van der Waals surface area contributed by atoms with Crippen LogP contribution in [0.15, 0.2) is 30.3 Å². The van der Waals surface area contributed by atoms with Gasteiger partial charge in [-0.15, -0.1) is 0 Å². The van der Waals surface area contributed by atoms with E-state index in [4.69, 9.17) is 14.5 Å². The zero-order chi connectivity index (χ0) is 22.1. The molecule has 8 heteroatoms. The SMILES string of the molecule is Cc1[nH]c2ccc(NC(=O)c3cc(N4CCOCC4)cc(N4CCOCC4)n3)cc2c1C. The number of rotatable bonds is 4. The molecule has 0 saturated carbocycles. The second kappa shape index (κ2) is 8.80. The second-order valence-corrected chi connectivity index (χ2v) is 8.36. The first kappa shape index (κ1) is 20.8. The number of benzene rings is 1. The van der Waals surface area contributed by atoms with E-state index in [9.17, 15) is 4.79 Å². The van der Waals surface area contributed by atoms with Gasteiger partial charge in [0.1, 0.15) is 11.5 Å². The minimum absolute atomic E-state index is 0.209. The minimum atomic E-state index is -0.209. The van der Waals surface area contributed by atoms with Crippen LogP contribution in [0.1, 0.15) is 21.7 Å². The summed E-state index contributed by atoms with van der Waals surface area (Å²) in [5, 5.41) is 4.16. The van der Waals surface area contributed by atoms with Crippen LogP contribution in [0.25, 0.3) is 10.9 Å². The molecule has 2 fully saturated rings. The van der Waals surface area contributed by atoms with Gasteiger partial charge in [0.25, 0.3) is 5.91 Å². The molecule has 0 spiro atoms. The minimum Gasteiger partial charge on any atom is -0.378 e. The number of carbonyl (C=O) groups is 1. The van der Waals surface area contributed by atoms with E-state index in [0.29, 0.717) is 32.1 Å². The third-order valence-electron chi connectivity index (χ3n) is 6.31. The summed E-state index contributed by atoms with van der Waals surface area (Å²) < 4.78 is 11.0. The van der Waals surface area contributed by atoms with Crippen molar-refractivity contribution in [2.24, 2.45) is 0 Å². The van der Waals surface area contributed by atoms with Gasteiger partial charge in [0, 0.05) is 60.2 Å². The fraction of sp³-hybridized carbons (Fsp3) is 0.417. The number of pyridine rings is 1. The molecule has 3 aromatic rings. The standard InChI is InChI=1S/C24H29N5O3/c1-16-17(2)25-21-4-3-18(13-20(16)21)26-24(30)22-14-19(28-5-9-31-10-6-28)15-23(27-22)29-7-11-32-12-8-29/h3-4,13-15,25H,5-12H2,1-2H3,(H,26,30). The molecule has 2 N–H and O–H groups in total. The molecule has 0 atom stereocenters. The van der Waals surface area contributed by atoms with E-state index in [1.165, 1.54) is 5.56 Å². The fourth-order valence-electron chi connectivity index (χ4n) is 4.31. The summed E-state index contributed by atoms with van der Waals surface area (Å²) in [5.41, 5.74) is 5.58. The molecule has 8 nitrogen and oxygen atoms in total. The lowest BCUT2D eigenvalue weighted by Crippen LogP contribution is -2.38. The highest BCUT2D eigenvalue weighted by Crippen LogP contribution is 2.27. The molecule has 2 aliphatic heterocycles. The number of H-pyrrole nitrogens is 1. The van der Waals surface area contributed by atoms with Crippen molar-refractivity contribution < 1.29 is 14.3 Å². The fourth-order valence-corrected chi connectivity index (χ4v) is 4.31. The van der Waals surface area contributed by atoms with Crippen LogP contribution in [-0.2, 0) is 9.47 Å². The number of hydrogen-bond donors (Lipinski definition) is 2. The predicted molar refractivity (Wildman–Crippen MR) is 126 cm³/mol. The number of aryl methyl sites for hydroxylation is 2. The van der Waals surface area contributed by atoms with Gasteiger partial charge >= 0.3 is 0 Å². The normalized spacial score (nSPS) is 17.1. The summed E-state index contributed by atoms with van der Waals surface area (Å²) in [6, 6.07) is 9.90. The molecule has 4 heterocycles. The smallest absolute Gasteiger partial charge is 0.274 e. The highest BCUT2D eigenvalue weighted by Gasteiger charge is 2.20. The van der Waals surface area contributed by atoms with Crippen molar-refractivity contribution in [3.8, 4) is 0 Å². The monoisotopic (exact) mass is 435 g/mol. The highest BCUT2D eigenvalue weighted by molar-refractivity contribution is 6.05. The molecule has 5 rings (SSSR count). The van der Waals surface area contributed by atoms with Crippen LogP contribution in [0, 0.1) is 13.8 Å². The average Bonchev–Trinajstić information content (AvgIpc) is 3.13. The molecule has 0 bridgehead atoms. The van der Waals surface area contributed by atoms with Crippen molar-refractivity contribution >= 4 is 34.0 Å². The van der Waals surface area contributed by atoms with Gasteiger partial charge in [-0.05, 0) is 43.7 Å². The number of morpholine rings is 2. The summed E-state index contributed by atoms with van der Waals surface area (Å²) in [5.74, 6) is 0.605. The first-order valence-corrected chi connectivity index (χ1v) is 11.2. The molecular weight excluding hydrogens is 406 g/mol. The number of nitrogens with one attached hydrogen (secondary N) is 2. The quantitative estimate of drug-likeness (QED) is 0.655. The van der Waals surface area contributed by atoms with Crippen LogP contribution < -0.4 is 15.1 Å². The lowest BCUT2D eigenvalue weighted by atomic mass is 10.1. The van der Waals surface area contributed by atoms with Crippen molar-refractivity contribution in [1.29, 1.82) is 0 Å². The Morgan fingerprint density at radius 2 is 1.66 bits per heavy atom. The molecule has 0 radical (unpaired) electrons. The van der Waals surface area contributed by atoms with Gasteiger partial charge in [-0.2, -0.15) is 0 Å². The molecule has 2 aliphatic rings. The Morgan fingerprint density at radius 3 is 2.38 bits per heavy atom. The molecular formula is C24H29N5O3. The molecule has 2 aromatic heterocycles. The Morgan fingerprint density at radius 1 is 0.969 bits per heavy atom. The molecule has 2 saturated heterocycles. The van der Waals surface area contributed by atoms with Gasteiger partial charge in [-0.3, -0.25) is 4.79 Å². The van der Waals surface area contributed by atoms with Crippen molar-refractivity contribution in [2.75, 3.05) is 67.7 Å². The molecule has 32 heavy (non-hydrogen) atoms. The summed E-state index contributed by atoms with van der Waals surface area (Å²) in [7, 11) is 0. The van der Waals surface area contributed by atoms with Crippen LogP contribution in [-0.4, -0.2) is 68.5 Å². The van der Waals surface area contributed by atoms with Crippen LogP contribution in [0.5, 0.6) is 0 Å². The van der Waals surface area contributed by atoms with E-state index >= 15 is 0 Å². The lowest BCUT2D eigenvalue weighted by molar-refractivity contribution is 0.102. The number of amides is 1. The summed E-state index contributed by atoms with van der Waals surface area (Å²) in [6.07, 6.45) is 0. The van der Waals surface area contributed by atoms with E-state index in [-0.39, 0.29) is 5.91 Å². The number of hydrogen-bond acceptors (Lipinski definition) is 6. The maximum Gasteiger partial charge on any atom is 0.274 e. The Balaban J connectivity index is 1.45. The summed E-state index contributed by atoms with van der Waals surface area (Å²) in [6.45, 7) is 9.99. The van der Waals surface area contributed by atoms with Crippen LogP contribution in [0.4, 0.5) is 17.2 Å². The number of nitrogens with zero attached hydrogens (tertiary/aromatic N) is 3. The van der Waals surface area contributed by atoms with Crippen molar-refractivity contribution in [3.63, 3.8) is 0 Å². The first-order valence-electron chi connectivity index (χ1n) is 11.2. The third-order valence-corrected chi connectivity index (χ3v) is 6.31. The van der Waals surface area contributed by atoms with E-state index in [0.717, 1.165) is 60.0 Å². The maximum absolute atomic E-state index is 13.2. The molecule has 0 unspecified atom stereocenters. The first-order chi connectivity index (χ1) is 15.6. The van der Waals surface area contributed by atoms with Crippen molar-refractivity contribution in [2.45, 2.75) is 13.8 Å². The molecule has 1 amide bonds. The summed E-state index contributed by atoms with van der Waals surface area (Å²) in [4.78, 5) is 25.8. The highest BCUT2D eigenvalue weighted by atomic mass is 16.5. The number of fused-ring (bicyclic) bond motifs is 1. The predicted octanol–water partition coefficient (Wildman–Crippen LogP) is 3.11. The lowest BCUT2D eigenvalue weighted by Gasteiger charge is -2.32. The number of aromatic nitrogens is 2. The van der Waals surface area contributed by atoms with Gasteiger partial charge < -0.3 is 29.6 Å². The zero-order valence-electron chi connectivity index (χ0n) is 18.6. The van der Waals surface area contributed by atoms with Gasteiger partial charge in [-0.1, -0.05) is 0 Å². The Kier molecular flexibility index (Phi) is 5.71. The largest absolute Gasteiger partial charge is 0.378 e. The Bertz CT molecular complexity index is 1090. The van der Waals surface area contributed by atoms with Gasteiger partial charge in [0.2, 0.25) is 0 Å². The average molecular weight is 436 g/mol. The number of aromatic amines is 1. The maximum atomic E-state index is 13.2. The number of ether oxygens (including phenoxy) is 2. The van der Waals surface area contributed by atoms with Crippen LogP contribution in [0.2, 0.25) is 0 Å². The van der Waals surface area contributed by atoms with Crippen LogP contribution in [0.3, 0.4) is 0 Å². The zero-order valence-corrected chi connectivity index (χ0v) is 18.6. The van der Waals surface area contributed by atoms with Crippen molar-refractivity contribution in [1.82, 2.24) is 9.97 Å².